The number of amides is 1. The summed E-state index contributed by atoms with van der Waals surface area (Å²) in [5, 5.41) is 6.90. The summed E-state index contributed by atoms with van der Waals surface area (Å²) in [5.74, 6) is 0.343. The molecule has 0 bridgehead atoms. The van der Waals surface area contributed by atoms with Gasteiger partial charge in [0, 0.05) is 35.9 Å². The fraction of sp³-hybridized carbons (Fsp3) is 0.207. The molecule has 0 aliphatic carbocycles. The maximum absolute atomic E-state index is 13.9. The number of rotatable bonds is 7. The molecule has 8 heteroatoms. The number of nitrogens with one attached hydrogen (secondary N) is 2. The number of carbonyl (C=O) groups is 1. The van der Waals surface area contributed by atoms with Crippen LogP contribution in [0.1, 0.15) is 12.8 Å². The third-order valence-electron chi connectivity index (χ3n) is 6.38. The first-order valence-electron chi connectivity index (χ1n) is 12.2. The topological polar surface area (TPSA) is 79.4 Å². The van der Waals surface area contributed by atoms with E-state index >= 15 is 0 Å². The van der Waals surface area contributed by atoms with E-state index in [0.717, 1.165) is 42.4 Å². The number of hydrogen-bond acceptors (Lipinski definition) is 6. The van der Waals surface area contributed by atoms with Crippen LogP contribution in [0.25, 0.3) is 22.0 Å². The average molecular weight is 498 g/mol. The number of nitrogens with zero attached hydrogens (tertiary/aromatic N) is 3. The second-order valence-electron chi connectivity index (χ2n) is 9.10. The second kappa shape index (κ2) is 10.8. The van der Waals surface area contributed by atoms with Crippen LogP contribution in [0.5, 0.6) is 5.75 Å². The molecule has 1 aliphatic rings. The minimum Gasteiger partial charge on any atom is -0.488 e. The Morgan fingerprint density at radius 2 is 1.95 bits per heavy atom. The Labute approximate surface area is 215 Å². The lowest BCUT2D eigenvalue weighted by Crippen LogP contribution is -2.35. The molecule has 1 amide bonds. The van der Waals surface area contributed by atoms with Crippen molar-refractivity contribution in [3.63, 3.8) is 0 Å². The maximum atomic E-state index is 13.9. The van der Waals surface area contributed by atoms with E-state index in [2.05, 4.69) is 34.1 Å². The predicted octanol–water partition coefficient (Wildman–Crippen LogP) is 5.78. The van der Waals surface area contributed by atoms with E-state index in [4.69, 9.17) is 9.72 Å². The van der Waals surface area contributed by atoms with Gasteiger partial charge in [0.2, 0.25) is 11.9 Å². The molecule has 5 rings (SSSR count). The fourth-order valence-corrected chi connectivity index (χ4v) is 4.41. The lowest BCUT2D eigenvalue weighted by atomic mass is 10.0. The van der Waals surface area contributed by atoms with E-state index in [-0.39, 0.29) is 17.8 Å². The monoisotopic (exact) mass is 497 g/mol. The normalized spacial score (nSPS) is 14.3. The highest BCUT2D eigenvalue weighted by Crippen LogP contribution is 2.33. The van der Waals surface area contributed by atoms with E-state index in [0.29, 0.717) is 28.6 Å². The van der Waals surface area contributed by atoms with Crippen LogP contribution in [0.4, 0.5) is 21.7 Å². The molecule has 0 unspecified atom stereocenters. The first-order valence-corrected chi connectivity index (χ1v) is 12.2. The van der Waals surface area contributed by atoms with Gasteiger partial charge in [-0.15, -0.1) is 0 Å². The van der Waals surface area contributed by atoms with Crippen molar-refractivity contribution in [3.8, 4) is 16.9 Å². The number of piperidine rings is 1. The zero-order chi connectivity index (χ0) is 25.8. The highest BCUT2D eigenvalue weighted by molar-refractivity contribution is 6.00. The predicted molar refractivity (Wildman–Crippen MR) is 145 cm³/mol. The maximum Gasteiger partial charge on any atom is 0.247 e. The van der Waals surface area contributed by atoms with Crippen LogP contribution in [0.3, 0.4) is 0 Å². The summed E-state index contributed by atoms with van der Waals surface area (Å²) in [4.78, 5) is 23.6. The largest absolute Gasteiger partial charge is 0.488 e. The SMILES string of the molecule is C=CC(=O)Nc1cc(Nc2ncc3cccc(-c4cccc(F)c4)c3n2)ccc1OC1CCN(C)CC1. The van der Waals surface area contributed by atoms with E-state index in [1.165, 1.54) is 18.2 Å². The van der Waals surface area contributed by atoms with Gasteiger partial charge >= 0.3 is 0 Å². The van der Waals surface area contributed by atoms with Gasteiger partial charge in [0.15, 0.2) is 0 Å². The molecule has 0 spiro atoms. The van der Waals surface area contributed by atoms with E-state index < -0.39 is 0 Å². The van der Waals surface area contributed by atoms with Crippen LogP contribution in [0, 0.1) is 5.82 Å². The lowest BCUT2D eigenvalue weighted by Gasteiger charge is -2.30. The summed E-state index contributed by atoms with van der Waals surface area (Å²) in [6, 6.07) is 17.6. The van der Waals surface area contributed by atoms with Gasteiger partial charge in [0.05, 0.1) is 11.2 Å². The minimum absolute atomic E-state index is 0.0828. The molecule has 188 valence electrons. The minimum atomic E-state index is -0.327. The van der Waals surface area contributed by atoms with Crippen molar-refractivity contribution in [2.24, 2.45) is 0 Å². The van der Waals surface area contributed by atoms with E-state index in [1.807, 2.05) is 36.4 Å². The Morgan fingerprint density at radius 1 is 1.14 bits per heavy atom. The highest BCUT2D eigenvalue weighted by Gasteiger charge is 2.20. The summed E-state index contributed by atoms with van der Waals surface area (Å²) >= 11 is 0. The summed E-state index contributed by atoms with van der Waals surface area (Å²) in [6.45, 7) is 5.49. The van der Waals surface area contributed by atoms with Gasteiger partial charge in [-0.1, -0.05) is 36.9 Å². The molecule has 7 nitrogen and oxygen atoms in total. The molecule has 2 heterocycles. The number of halogens is 1. The van der Waals surface area contributed by atoms with Gasteiger partial charge < -0.3 is 20.3 Å². The molecule has 0 saturated carbocycles. The van der Waals surface area contributed by atoms with Crippen LogP contribution in [0.15, 0.2) is 79.5 Å². The molecule has 1 fully saturated rings. The first-order chi connectivity index (χ1) is 18.0. The Hall–Kier alpha value is -4.30. The number of carbonyl (C=O) groups excluding carboxylic acids is 1. The van der Waals surface area contributed by atoms with Gasteiger partial charge in [-0.25, -0.2) is 14.4 Å². The Bertz CT molecular complexity index is 1450. The van der Waals surface area contributed by atoms with Gasteiger partial charge in [0.25, 0.3) is 0 Å². The van der Waals surface area contributed by atoms with Gasteiger partial charge in [-0.3, -0.25) is 4.79 Å². The Morgan fingerprint density at radius 3 is 2.73 bits per heavy atom. The number of benzene rings is 3. The summed E-state index contributed by atoms with van der Waals surface area (Å²) in [5.41, 5.74) is 3.46. The lowest BCUT2D eigenvalue weighted by molar-refractivity contribution is -0.111. The molecule has 1 saturated heterocycles. The number of ether oxygens (including phenoxy) is 1. The molecule has 1 aromatic heterocycles. The van der Waals surface area contributed by atoms with Crippen LogP contribution >= 0.6 is 0 Å². The van der Waals surface area contributed by atoms with Gasteiger partial charge in [0.1, 0.15) is 17.7 Å². The molecule has 0 radical (unpaired) electrons. The van der Waals surface area contributed by atoms with Crippen molar-refractivity contribution in [2.75, 3.05) is 30.8 Å². The number of anilines is 3. The third kappa shape index (κ3) is 5.76. The van der Waals surface area contributed by atoms with Crippen molar-refractivity contribution < 1.29 is 13.9 Å². The Balaban J connectivity index is 1.43. The van der Waals surface area contributed by atoms with Crippen LogP contribution < -0.4 is 15.4 Å². The molecular formula is C29H28FN5O2. The van der Waals surface area contributed by atoms with Crippen molar-refractivity contribution in [1.82, 2.24) is 14.9 Å². The van der Waals surface area contributed by atoms with Crippen molar-refractivity contribution in [1.29, 1.82) is 0 Å². The van der Waals surface area contributed by atoms with Crippen molar-refractivity contribution >= 4 is 34.1 Å². The van der Waals surface area contributed by atoms with Crippen LogP contribution in [-0.4, -0.2) is 47.0 Å². The molecule has 3 aromatic carbocycles. The molecule has 37 heavy (non-hydrogen) atoms. The standard InChI is InChI=1S/C29H28FN5O2/c1-3-27(36)33-25-17-22(10-11-26(25)37-23-12-14-35(2)15-13-23)32-29-31-18-20-7-5-9-24(28(20)34-29)19-6-4-8-21(30)16-19/h3-11,16-18,23H,1,12-15H2,2H3,(H,33,36)(H,31,32,34). The summed E-state index contributed by atoms with van der Waals surface area (Å²) in [6.07, 6.45) is 4.87. The van der Waals surface area contributed by atoms with E-state index in [1.54, 1.807) is 18.3 Å². The zero-order valence-corrected chi connectivity index (χ0v) is 20.6. The van der Waals surface area contributed by atoms with Crippen molar-refractivity contribution in [2.45, 2.75) is 18.9 Å². The third-order valence-corrected chi connectivity index (χ3v) is 6.38. The smallest absolute Gasteiger partial charge is 0.247 e. The number of likely N-dealkylation sites (tertiary alicyclic amines) is 1. The Kier molecular flexibility index (Phi) is 7.09. The van der Waals surface area contributed by atoms with E-state index in [9.17, 15) is 9.18 Å². The van der Waals surface area contributed by atoms with Crippen LogP contribution in [0.2, 0.25) is 0 Å². The number of aromatic nitrogens is 2. The highest BCUT2D eigenvalue weighted by atomic mass is 19.1. The molecule has 1 aliphatic heterocycles. The molecule has 0 atom stereocenters. The van der Waals surface area contributed by atoms with Crippen LogP contribution in [-0.2, 0) is 4.79 Å². The van der Waals surface area contributed by atoms with Crippen molar-refractivity contribution in [3.05, 3.63) is 85.3 Å². The molecule has 4 aromatic rings. The average Bonchev–Trinajstić information content (AvgIpc) is 2.91. The summed E-state index contributed by atoms with van der Waals surface area (Å²) in [7, 11) is 2.10. The number of fused-ring (bicyclic) bond motifs is 1. The van der Waals surface area contributed by atoms with Gasteiger partial charge in [-0.2, -0.15) is 0 Å². The first kappa shape index (κ1) is 24.4. The quantitative estimate of drug-likeness (QED) is 0.315. The molecule has 2 N–H and O–H groups in total. The zero-order valence-electron chi connectivity index (χ0n) is 20.6. The fourth-order valence-electron chi connectivity index (χ4n) is 4.41. The summed E-state index contributed by atoms with van der Waals surface area (Å²) < 4.78 is 20.1. The number of hydrogen-bond donors (Lipinski definition) is 2. The molecular weight excluding hydrogens is 469 g/mol. The second-order valence-corrected chi connectivity index (χ2v) is 9.10. The number of para-hydroxylation sites is 1. The van der Waals surface area contributed by atoms with Gasteiger partial charge in [-0.05, 0) is 61.9 Å².